The fraction of sp³-hybridized carbons (Fsp3) is 0.292. The zero-order valence-electron chi connectivity index (χ0n) is 16.9. The molecule has 0 unspecified atom stereocenters. The maximum absolute atomic E-state index is 13.6. The van der Waals surface area contributed by atoms with Crippen molar-refractivity contribution in [3.05, 3.63) is 88.2 Å². The first-order chi connectivity index (χ1) is 15.0. The first-order valence-corrected chi connectivity index (χ1v) is 10.6. The number of pyridine rings is 1. The normalized spacial score (nSPS) is 15.4. The summed E-state index contributed by atoms with van der Waals surface area (Å²) in [6.07, 6.45) is 6.59. The van der Waals surface area contributed by atoms with Crippen LogP contribution in [0.15, 0.2) is 54.9 Å². The Kier molecular flexibility index (Phi) is 6.18. The first kappa shape index (κ1) is 21.2. The number of H-pyrrole nitrogens is 1. The van der Waals surface area contributed by atoms with E-state index in [4.69, 9.17) is 16.3 Å². The number of carbonyl (C=O) groups excluding carboxylic acids is 2. The molecule has 1 N–H and O–H groups in total. The fourth-order valence-electron chi connectivity index (χ4n) is 4.14. The van der Waals surface area contributed by atoms with Gasteiger partial charge in [-0.3, -0.25) is 9.59 Å². The molecule has 1 fully saturated rings. The standard InChI is InChI=1S/C24H22ClFN2O3/c25-22-19(12-18(26)14-28-22)21(29)17-11-20(27-13-17)24(9-5-2-6-10-24)23(30)31-15-16-7-3-1-4-8-16/h1,3-4,7-8,11-14,27H,2,5-6,9-10,15H2. The Hall–Kier alpha value is -2.99. The monoisotopic (exact) mass is 440 g/mol. The van der Waals surface area contributed by atoms with Gasteiger partial charge >= 0.3 is 5.97 Å². The quantitative estimate of drug-likeness (QED) is 0.317. The van der Waals surface area contributed by atoms with Crippen LogP contribution < -0.4 is 0 Å². The maximum Gasteiger partial charge on any atom is 0.318 e. The highest BCUT2D eigenvalue weighted by molar-refractivity contribution is 6.33. The van der Waals surface area contributed by atoms with Crippen LogP contribution in [0.25, 0.3) is 0 Å². The van der Waals surface area contributed by atoms with E-state index in [1.165, 1.54) is 6.20 Å². The largest absolute Gasteiger partial charge is 0.460 e. The van der Waals surface area contributed by atoms with Crippen molar-refractivity contribution in [2.24, 2.45) is 0 Å². The van der Waals surface area contributed by atoms with E-state index < -0.39 is 17.0 Å². The van der Waals surface area contributed by atoms with Crippen LogP contribution in [0, 0.1) is 5.82 Å². The molecule has 2 aromatic heterocycles. The molecule has 5 nitrogen and oxygen atoms in total. The molecule has 0 atom stereocenters. The molecule has 0 radical (unpaired) electrons. The average Bonchev–Trinajstić information content (AvgIpc) is 3.30. The van der Waals surface area contributed by atoms with Gasteiger partial charge in [-0.15, -0.1) is 0 Å². The average molecular weight is 441 g/mol. The van der Waals surface area contributed by atoms with Crippen molar-refractivity contribution in [1.82, 2.24) is 9.97 Å². The molecule has 1 aliphatic rings. The molecule has 7 heteroatoms. The zero-order chi connectivity index (χ0) is 21.8. The lowest BCUT2D eigenvalue weighted by atomic mass is 9.71. The van der Waals surface area contributed by atoms with Gasteiger partial charge in [-0.05, 0) is 30.5 Å². The van der Waals surface area contributed by atoms with Gasteiger partial charge in [0, 0.05) is 17.5 Å². The molecule has 0 aliphatic heterocycles. The molecule has 1 saturated carbocycles. The molecule has 31 heavy (non-hydrogen) atoms. The van der Waals surface area contributed by atoms with Crippen LogP contribution in [-0.2, 0) is 21.6 Å². The van der Waals surface area contributed by atoms with Crippen molar-refractivity contribution >= 4 is 23.4 Å². The summed E-state index contributed by atoms with van der Waals surface area (Å²) in [7, 11) is 0. The van der Waals surface area contributed by atoms with Gasteiger partial charge in [0.2, 0.25) is 0 Å². The molecule has 0 spiro atoms. The number of nitrogens with zero attached hydrogens (tertiary/aromatic N) is 1. The maximum atomic E-state index is 13.6. The fourth-order valence-corrected chi connectivity index (χ4v) is 4.33. The second kappa shape index (κ2) is 9.02. The summed E-state index contributed by atoms with van der Waals surface area (Å²) in [6.45, 7) is 0.193. The topological polar surface area (TPSA) is 72.0 Å². The van der Waals surface area contributed by atoms with E-state index in [9.17, 15) is 14.0 Å². The lowest BCUT2D eigenvalue weighted by Gasteiger charge is -2.34. The number of ether oxygens (including phenoxy) is 1. The number of aromatic nitrogens is 2. The van der Waals surface area contributed by atoms with Gasteiger partial charge in [-0.1, -0.05) is 61.2 Å². The minimum Gasteiger partial charge on any atom is -0.460 e. The van der Waals surface area contributed by atoms with E-state index in [0.717, 1.165) is 37.1 Å². The molecule has 0 saturated heterocycles. The summed E-state index contributed by atoms with van der Waals surface area (Å²) in [4.78, 5) is 32.9. The molecule has 1 aromatic carbocycles. The van der Waals surface area contributed by atoms with E-state index in [0.29, 0.717) is 24.1 Å². The van der Waals surface area contributed by atoms with Gasteiger partial charge in [0.1, 0.15) is 23.0 Å². The van der Waals surface area contributed by atoms with E-state index >= 15 is 0 Å². The highest BCUT2D eigenvalue weighted by Gasteiger charge is 2.44. The third-order valence-electron chi connectivity index (χ3n) is 5.82. The molecule has 0 amide bonds. The predicted octanol–water partition coefficient (Wildman–Crippen LogP) is 5.38. The number of benzene rings is 1. The van der Waals surface area contributed by atoms with Gasteiger partial charge in [0.15, 0.2) is 5.78 Å². The van der Waals surface area contributed by atoms with E-state index in [2.05, 4.69) is 9.97 Å². The predicted molar refractivity (Wildman–Crippen MR) is 114 cm³/mol. The van der Waals surface area contributed by atoms with Crippen LogP contribution in [0.4, 0.5) is 4.39 Å². The summed E-state index contributed by atoms with van der Waals surface area (Å²) >= 11 is 5.99. The molecule has 3 aromatic rings. The van der Waals surface area contributed by atoms with Crippen LogP contribution in [0.3, 0.4) is 0 Å². The summed E-state index contributed by atoms with van der Waals surface area (Å²) in [5.41, 5.74) is 0.989. The van der Waals surface area contributed by atoms with Crippen molar-refractivity contribution in [3.63, 3.8) is 0 Å². The van der Waals surface area contributed by atoms with Crippen LogP contribution in [0.2, 0.25) is 5.15 Å². The summed E-state index contributed by atoms with van der Waals surface area (Å²) in [6, 6.07) is 12.2. The molecular formula is C24H22ClFN2O3. The number of aromatic amines is 1. The van der Waals surface area contributed by atoms with Gasteiger partial charge in [-0.25, -0.2) is 9.37 Å². The van der Waals surface area contributed by atoms with Gasteiger partial charge in [0.05, 0.1) is 11.8 Å². The number of carbonyl (C=O) groups is 2. The van der Waals surface area contributed by atoms with Crippen LogP contribution >= 0.6 is 11.6 Å². The van der Waals surface area contributed by atoms with Gasteiger partial charge < -0.3 is 9.72 Å². The van der Waals surface area contributed by atoms with Gasteiger partial charge in [-0.2, -0.15) is 0 Å². The summed E-state index contributed by atoms with van der Waals surface area (Å²) in [5, 5.41) is -0.0659. The van der Waals surface area contributed by atoms with E-state index in [1.54, 1.807) is 6.07 Å². The van der Waals surface area contributed by atoms with Crippen LogP contribution in [0.1, 0.15) is 59.3 Å². The molecule has 160 valence electrons. The number of halogens is 2. The molecule has 2 heterocycles. The highest BCUT2D eigenvalue weighted by Crippen LogP contribution is 2.40. The Labute approximate surface area is 184 Å². The van der Waals surface area contributed by atoms with Crippen LogP contribution in [-0.4, -0.2) is 21.7 Å². The van der Waals surface area contributed by atoms with E-state index in [-0.39, 0.29) is 23.3 Å². The molecule has 4 rings (SSSR count). The number of ketones is 1. The number of rotatable bonds is 6. The third kappa shape index (κ3) is 4.39. The summed E-state index contributed by atoms with van der Waals surface area (Å²) in [5.74, 6) is -1.40. The molecule has 1 aliphatic carbocycles. The Morgan fingerprint density at radius 2 is 1.87 bits per heavy atom. The SMILES string of the molecule is O=C(c1c[nH]c(C2(C(=O)OCc3ccccc3)CCCCC2)c1)c1cc(F)cnc1Cl. The van der Waals surface area contributed by atoms with Gasteiger partial charge in [0.25, 0.3) is 0 Å². The lowest BCUT2D eigenvalue weighted by Crippen LogP contribution is -2.39. The highest BCUT2D eigenvalue weighted by atomic mass is 35.5. The van der Waals surface area contributed by atoms with Crippen LogP contribution in [0.5, 0.6) is 0 Å². The zero-order valence-corrected chi connectivity index (χ0v) is 17.6. The number of nitrogens with one attached hydrogen (secondary N) is 1. The van der Waals surface area contributed by atoms with Crippen molar-refractivity contribution < 1.29 is 18.7 Å². The van der Waals surface area contributed by atoms with Crippen molar-refractivity contribution in [2.75, 3.05) is 0 Å². The summed E-state index contributed by atoms with van der Waals surface area (Å²) < 4.78 is 19.3. The number of hydrogen-bond acceptors (Lipinski definition) is 4. The Morgan fingerprint density at radius 3 is 2.61 bits per heavy atom. The van der Waals surface area contributed by atoms with Crippen molar-refractivity contribution in [2.45, 2.75) is 44.1 Å². The Morgan fingerprint density at radius 1 is 1.13 bits per heavy atom. The third-order valence-corrected chi connectivity index (χ3v) is 6.12. The number of esters is 1. The second-order valence-corrected chi connectivity index (χ2v) is 8.19. The minimum atomic E-state index is -0.838. The first-order valence-electron chi connectivity index (χ1n) is 10.3. The van der Waals surface area contributed by atoms with Crippen molar-refractivity contribution in [3.8, 4) is 0 Å². The number of hydrogen-bond donors (Lipinski definition) is 1. The molecular weight excluding hydrogens is 419 g/mol. The Balaban J connectivity index is 1.60. The lowest BCUT2D eigenvalue weighted by molar-refractivity contribution is -0.153. The molecule has 0 bridgehead atoms. The van der Waals surface area contributed by atoms with Crippen molar-refractivity contribution in [1.29, 1.82) is 0 Å². The minimum absolute atomic E-state index is 0.0171. The smallest absolute Gasteiger partial charge is 0.318 e. The second-order valence-electron chi connectivity index (χ2n) is 7.83. The van der Waals surface area contributed by atoms with E-state index in [1.807, 2.05) is 30.3 Å². The Bertz CT molecular complexity index is 1090.